The Labute approximate surface area is 119 Å². The van der Waals surface area contributed by atoms with Crippen molar-refractivity contribution in [2.75, 3.05) is 13.2 Å². The third-order valence-corrected chi connectivity index (χ3v) is 4.08. The second-order valence-electron chi connectivity index (χ2n) is 4.68. The molecule has 19 heavy (non-hydrogen) atoms. The topological polar surface area (TPSA) is 92.8 Å². The zero-order valence-electron chi connectivity index (χ0n) is 10.3. The van der Waals surface area contributed by atoms with E-state index >= 15 is 0 Å². The number of hydrogen-bond acceptors (Lipinski definition) is 4. The number of aromatic carboxylic acids is 1. The number of ether oxygens (including phenoxy) is 1. The summed E-state index contributed by atoms with van der Waals surface area (Å²) in [6.07, 6.45) is 1.63. The van der Waals surface area contributed by atoms with Gasteiger partial charge < -0.3 is 20.7 Å². The first-order valence-electron chi connectivity index (χ1n) is 6.09. The smallest absolute Gasteiger partial charge is 0.335 e. The van der Waals surface area contributed by atoms with Gasteiger partial charge in [-0.2, -0.15) is 0 Å². The summed E-state index contributed by atoms with van der Waals surface area (Å²) in [4.78, 5) is 11.1. The van der Waals surface area contributed by atoms with Crippen LogP contribution in [0.4, 0.5) is 0 Å². The maximum Gasteiger partial charge on any atom is 0.335 e. The third-order valence-electron chi connectivity index (χ3n) is 3.47. The highest BCUT2D eigenvalue weighted by atomic mass is 79.9. The van der Waals surface area contributed by atoms with Crippen molar-refractivity contribution in [1.29, 1.82) is 0 Å². The maximum absolute atomic E-state index is 11.1. The highest BCUT2D eigenvalue weighted by molar-refractivity contribution is 9.10. The molecular formula is C13H16BrNO4. The number of phenolic OH excluding ortho intramolecular Hbond substituents is 1. The molecule has 0 radical (unpaired) electrons. The quantitative estimate of drug-likeness (QED) is 0.791. The third kappa shape index (κ3) is 3.08. The van der Waals surface area contributed by atoms with Crippen LogP contribution in [0, 0.1) is 5.92 Å². The fourth-order valence-corrected chi connectivity index (χ4v) is 2.80. The van der Waals surface area contributed by atoms with E-state index in [-0.39, 0.29) is 23.3 Å². The molecule has 2 rings (SSSR count). The Bertz CT molecular complexity index is 486. The fraction of sp³-hybridized carbons (Fsp3) is 0.462. The number of hydrogen-bond donors (Lipinski definition) is 3. The molecule has 1 aliphatic heterocycles. The first-order valence-corrected chi connectivity index (χ1v) is 6.89. The van der Waals surface area contributed by atoms with Gasteiger partial charge in [-0.3, -0.25) is 0 Å². The predicted molar refractivity (Wildman–Crippen MR) is 73.2 cm³/mol. The van der Waals surface area contributed by atoms with Crippen LogP contribution >= 0.6 is 15.9 Å². The number of carboxylic acid groups (broad SMARTS) is 1. The summed E-state index contributed by atoms with van der Waals surface area (Å²) in [6.45, 7) is 1.30. The van der Waals surface area contributed by atoms with Gasteiger partial charge in [-0.05, 0) is 46.8 Å². The summed E-state index contributed by atoms with van der Waals surface area (Å²) in [5.74, 6) is -0.833. The van der Waals surface area contributed by atoms with Crippen LogP contribution in [-0.4, -0.2) is 29.4 Å². The molecule has 104 valence electrons. The van der Waals surface area contributed by atoms with Crippen LogP contribution in [0.1, 0.15) is 34.8 Å². The molecule has 1 fully saturated rings. The predicted octanol–water partition coefficient (Wildman–Crippen LogP) is 2.28. The normalized spacial score (nSPS) is 18.2. The number of carbonyl (C=O) groups is 1. The molecule has 6 heteroatoms. The Hall–Kier alpha value is -1.11. The van der Waals surface area contributed by atoms with Gasteiger partial charge in [0, 0.05) is 24.8 Å². The van der Waals surface area contributed by atoms with Crippen molar-refractivity contribution in [1.82, 2.24) is 0 Å². The van der Waals surface area contributed by atoms with Gasteiger partial charge >= 0.3 is 5.97 Å². The molecule has 0 aliphatic carbocycles. The first kappa shape index (κ1) is 14.3. The van der Waals surface area contributed by atoms with Gasteiger partial charge in [-0.15, -0.1) is 0 Å². The lowest BCUT2D eigenvalue weighted by atomic mass is 9.87. The van der Waals surface area contributed by atoms with Gasteiger partial charge in [-0.25, -0.2) is 4.79 Å². The van der Waals surface area contributed by atoms with Crippen LogP contribution in [0.3, 0.4) is 0 Å². The fourth-order valence-electron chi connectivity index (χ4n) is 2.33. The van der Waals surface area contributed by atoms with E-state index in [4.69, 9.17) is 15.6 Å². The van der Waals surface area contributed by atoms with Crippen molar-refractivity contribution in [2.24, 2.45) is 11.7 Å². The Morgan fingerprint density at radius 3 is 2.63 bits per heavy atom. The molecule has 1 atom stereocenters. The largest absolute Gasteiger partial charge is 0.506 e. The summed E-state index contributed by atoms with van der Waals surface area (Å²) in [5, 5.41) is 19.1. The van der Waals surface area contributed by atoms with Gasteiger partial charge in [0.25, 0.3) is 0 Å². The van der Waals surface area contributed by atoms with Crippen molar-refractivity contribution in [3.8, 4) is 5.75 Å². The summed E-state index contributed by atoms with van der Waals surface area (Å²) >= 11 is 3.16. The molecule has 1 heterocycles. The second kappa shape index (κ2) is 5.90. The van der Waals surface area contributed by atoms with Gasteiger partial charge in [0.2, 0.25) is 0 Å². The van der Waals surface area contributed by atoms with E-state index in [0.717, 1.165) is 12.8 Å². The van der Waals surface area contributed by atoms with E-state index in [0.29, 0.717) is 23.2 Å². The SMILES string of the molecule is N[C@@H](c1cc(C(=O)O)cc(Br)c1O)C1CCOCC1. The van der Waals surface area contributed by atoms with Crippen LogP contribution in [0.15, 0.2) is 16.6 Å². The molecule has 0 amide bonds. The van der Waals surface area contributed by atoms with Crippen LogP contribution in [0.25, 0.3) is 0 Å². The molecule has 4 N–H and O–H groups in total. The molecule has 1 aromatic carbocycles. The lowest BCUT2D eigenvalue weighted by molar-refractivity contribution is 0.0580. The van der Waals surface area contributed by atoms with Gasteiger partial charge in [0.15, 0.2) is 0 Å². The van der Waals surface area contributed by atoms with Crippen LogP contribution < -0.4 is 5.73 Å². The van der Waals surface area contributed by atoms with Crippen LogP contribution in [0.5, 0.6) is 5.75 Å². The molecule has 0 bridgehead atoms. The Morgan fingerprint density at radius 2 is 2.05 bits per heavy atom. The summed E-state index contributed by atoms with van der Waals surface area (Å²) in [7, 11) is 0. The maximum atomic E-state index is 11.1. The zero-order valence-corrected chi connectivity index (χ0v) is 11.9. The van der Waals surface area contributed by atoms with E-state index in [9.17, 15) is 9.90 Å². The minimum atomic E-state index is -1.04. The van der Waals surface area contributed by atoms with Crippen molar-refractivity contribution in [3.63, 3.8) is 0 Å². The summed E-state index contributed by atoms with van der Waals surface area (Å²) in [5.41, 5.74) is 6.76. The zero-order chi connectivity index (χ0) is 14.0. The van der Waals surface area contributed by atoms with Gasteiger partial charge in [0.1, 0.15) is 5.75 Å². The van der Waals surface area contributed by atoms with E-state index in [1.54, 1.807) is 0 Å². The number of nitrogens with two attached hydrogens (primary N) is 1. The lowest BCUT2D eigenvalue weighted by Gasteiger charge is -2.28. The standard InChI is InChI=1S/C13H16BrNO4/c14-10-6-8(13(17)18)5-9(12(10)16)11(15)7-1-3-19-4-2-7/h5-7,11,16H,1-4,15H2,(H,17,18)/t11-/m1/s1. The van der Waals surface area contributed by atoms with Crippen molar-refractivity contribution >= 4 is 21.9 Å². The number of halogens is 1. The number of benzene rings is 1. The number of phenols is 1. The van der Waals surface area contributed by atoms with Crippen molar-refractivity contribution in [3.05, 3.63) is 27.7 Å². The molecule has 1 saturated heterocycles. The van der Waals surface area contributed by atoms with E-state index < -0.39 is 5.97 Å². The molecule has 0 spiro atoms. The average molecular weight is 330 g/mol. The van der Waals surface area contributed by atoms with Gasteiger partial charge in [-0.1, -0.05) is 0 Å². The average Bonchev–Trinajstić information content (AvgIpc) is 2.41. The molecular weight excluding hydrogens is 314 g/mol. The number of aromatic hydroxyl groups is 1. The van der Waals surface area contributed by atoms with Crippen LogP contribution in [-0.2, 0) is 4.74 Å². The minimum Gasteiger partial charge on any atom is -0.506 e. The van der Waals surface area contributed by atoms with Crippen LogP contribution in [0.2, 0.25) is 0 Å². The monoisotopic (exact) mass is 329 g/mol. The number of rotatable bonds is 3. The number of carboxylic acids is 1. The first-order chi connectivity index (χ1) is 9.00. The van der Waals surface area contributed by atoms with E-state index in [1.807, 2.05) is 0 Å². The second-order valence-corrected chi connectivity index (χ2v) is 5.53. The molecule has 0 aromatic heterocycles. The van der Waals surface area contributed by atoms with E-state index in [2.05, 4.69) is 15.9 Å². The Morgan fingerprint density at radius 1 is 1.42 bits per heavy atom. The summed E-state index contributed by atoms with van der Waals surface area (Å²) in [6, 6.07) is 2.43. The summed E-state index contributed by atoms with van der Waals surface area (Å²) < 4.78 is 5.63. The molecule has 5 nitrogen and oxygen atoms in total. The molecule has 1 aliphatic rings. The molecule has 0 unspecified atom stereocenters. The highest BCUT2D eigenvalue weighted by Gasteiger charge is 2.26. The highest BCUT2D eigenvalue weighted by Crippen LogP contribution is 2.37. The Balaban J connectivity index is 2.34. The van der Waals surface area contributed by atoms with E-state index in [1.165, 1.54) is 12.1 Å². The van der Waals surface area contributed by atoms with Gasteiger partial charge in [0.05, 0.1) is 10.0 Å². The minimum absolute atomic E-state index is 0.0176. The molecule has 1 aromatic rings. The lowest BCUT2D eigenvalue weighted by Crippen LogP contribution is -2.27. The Kier molecular flexibility index (Phi) is 4.44. The molecule has 0 saturated carbocycles. The van der Waals surface area contributed by atoms with Crippen molar-refractivity contribution in [2.45, 2.75) is 18.9 Å². The van der Waals surface area contributed by atoms with Crippen molar-refractivity contribution < 1.29 is 19.7 Å².